The van der Waals surface area contributed by atoms with Crippen molar-refractivity contribution < 1.29 is 17.6 Å². The van der Waals surface area contributed by atoms with Crippen molar-refractivity contribution in [1.29, 1.82) is 0 Å². The lowest BCUT2D eigenvalue weighted by molar-refractivity contribution is -0.121. The van der Waals surface area contributed by atoms with Gasteiger partial charge >= 0.3 is 0 Å². The molecule has 2 aromatic rings. The maximum Gasteiger partial charge on any atom is 0.243 e. The molecule has 0 saturated carbocycles. The summed E-state index contributed by atoms with van der Waals surface area (Å²) in [4.78, 5) is 14.6. The summed E-state index contributed by atoms with van der Waals surface area (Å²) in [5, 5.41) is 3.15. The molecule has 0 aromatic heterocycles. The van der Waals surface area contributed by atoms with Gasteiger partial charge in [-0.05, 0) is 43.3 Å². The van der Waals surface area contributed by atoms with E-state index >= 15 is 0 Å². The molecule has 1 atom stereocenters. The highest BCUT2D eigenvalue weighted by Crippen LogP contribution is 2.24. The van der Waals surface area contributed by atoms with Crippen molar-refractivity contribution in [2.24, 2.45) is 0 Å². The Balaban J connectivity index is 1.61. The summed E-state index contributed by atoms with van der Waals surface area (Å²) in [6.45, 7) is 3.03. The number of carbonyl (C=O) groups is 1. The summed E-state index contributed by atoms with van der Waals surface area (Å²) in [7, 11) is -3.64. The lowest BCUT2D eigenvalue weighted by Gasteiger charge is -2.36. The first-order chi connectivity index (χ1) is 13.7. The monoisotopic (exact) mass is 459 g/mol. The molecule has 6 nitrogen and oxygen atoms in total. The van der Waals surface area contributed by atoms with Crippen molar-refractivity contribution in [2.45, 2.75) is 17.9 Å². The molecule has 3 rings (SSSR count). The number of halogens is 3. The van der Waals surface area contributed by atoms with Gasteiger partial charge in [0.2, 0.25) is 15.9 Å². The Hall–Kier alpha value is -1.71. The summed E-state index contributed by atoms with van der Waals surface area (Å²) in [5.41, 5.74) is 0.326. The third kappa shape index (κ3) is 5.07. The van der Waals surface area contributed by atoms with Crippen LogP contribution in [-0.4, -0.2) is 55.8 Å². The lowest BCUT2D eigenvalue weighted by Crippen LogP contribution is -2.53. The first kappa shape index (κ1) is 22.0. The SMILES string of the molecule is CC(C(=O)Nc1ccc(F)cc1Cl)N1CCN(S(=O)(=O)c2cccc(Cl)c2)CC1. The summed E-state index contributed by atoms with van der Waals surface area (Å²) < 4.78 is 40.1. The van der Waals surface area contributed by atoms with Gasteiger partial charge in [-0.1, -0.05) is 29.3 Å². The average Bonchev–Trinajstić information content (AvgIpc) is 2.69. The van der Waals surface area contributed by atoms with Crippen LogP contribution in [0.25, 0.3) is 0 Å². The van der Waals surface area contributed by atoms with Gasteiger partial charge in [0, 0.05) is 31.2 Å². The van der Waals surface area contributed by atoms with Gasteiger partial charge in [-0.2, -0.15) is 4.31 Å². The molecule has 1 heterocycles. The van der Waals surface area contributed by atoms with Crippen LogP contribution in [0.2, 0.25) is 10.0 Å². The number of carbonyl (C=O) groups excluding carboxylic acids is 1. The van der Waals surface area contributed by atoms with E-state index < -0.39 is 21.9 Å². The van der Waals surface area contributed by atoms with E-state index in [0.29, 0.717) is 23.8 Å². The maximum atomic E-state index is 13.1. The summed E-state index contributed by atoms with van der Waals surface area (Å²) in [6.07, 6.45) is 0. The van der Waals surface area contributed by atoms with Gasteiger partial charge < -0.3 is 5.32 Å². The van der Waals surface area contributed by atoms with Crippen LogP contribution in [0, 0.1) is 5.82 Å². The number of nitrogens with one attached hydrogen (secondary N) is 1. The Labute approximate surface area is 179 Å². The fourth-order valence-corrected chi connectivity index (χ4v) is 5.04. The van der Waals surface area contributed by atoms with E-state index in [1.165, 1.54) is 28.6 Å². The minimum atomic E-state index is -3.64. The van der Waals surface area contributed by atoms with Gasteiger partial charge in [0.1, 0.15) is 5.82 Å². The summed E-state index contributed by atoms with van der Waals surface area (Å²) >= 11 is 11.9. The second-order valence-corrected chi connectivity index (χ2v) is 9.47. The molecule has 1 fully saturated rings. The fourth-order valence-electron chi connectivity index (χ4n) is 3.10. The summed E-state index contributed by atoms with van der Waals surface area (Å²) in [5.74, 6) is -0.789. The molecular formula is C19H20Cl2FN3O3S. The van der Waals surface area contributed by atoms with Crippen molar-refractivity contribution in [3.05, 3.63) is 58.3 Å². The van der Waals surface area contributed by atoms with Gasteiger partial charge in [-0.15, -0.1) is 0 Å². The Morgan fingerprint density at radius 1 is 1.10 bits per heavy atom. The Morgan fingerprint density at radius 2 is 1.79 bits per heavy atom. The number of hydrogen-bond donors (Lipinski definition) is 1. The van der Waals surface area contributed by atoms with Gasteiger partial charge in [-0.3, -0.25) is 9.69 Å². The molecule has 1 aliphatic rings. The van der Waals surface area contributed by atoms with Gasteiger partial charge in [0.05, 0.1) is 21.6 Å². The number of rotatable bonds is 5. The highest BCUT2D eigenvalue weighted by atomic mass is 35.5. The maximum absolute atomic E-state index is 13.1. The molecule has 1 N–H and O–H groups in total. The van der Waals surface area contributed by atoms with Crippen molar-refractivity contribution in [1.82, 2.24) is 9.21 Å². The predicted octanol–water partition coefficient (Wildman–Crippen LogP) is 3.47. The Kier molecular flexibility index (Phi) is 6.80. The van der Waals surface area contributed by atoms with Crippen LogP contribution >= 0.6 is 23.2 Å². The quantitative estimate of drug-likeness (QED) is 0.742. The van der Waals surface area contributed by atoms with Gasteiger partial charge in [0.15, 0.2) is 0 Å². The van der Waals surface area contributed by atoms with Crippen LogP contribution in [0.15, 0.2) is 47.4 Å². The number of anilines is 1. The van der Waals surface area contributed by atoms with Crippen LogP contribution in [-0.2, 0) is 14.8 Å². The Morgan fingerprint density at radius 3 is 2.41 bits per heavy atom. The van der Waals surface area contributed by atoms with Crippen LogP contribution in [0.5, 0.6) is 0 Å². The molecule has 0 bridgehead atoms. The summed E-state index contributed by atoms with van der Waals surface area (Å²) in [6, 6.07) is 9.38. The van der Waals surface area contributed by atoms with E-state index in [1.54, 1.807) is 19.1 Å². The van der Waals surface area contributed by atoms with Gasteiger partial charge in [-0.25, -0.2) is 12.8 Å². The topological polar surface area (TPSA) is 69.7 Å². The third-order valence-electron chi connectivity index (χ3n) is 4.82. The van der Waals surface area contributed by atoms with E-state index in [9.17, 15) is 17.6 Å². The van der Waals surface area contributed by atoms with Gasteiger partial charge in [0.25, 0.3) is 0 Å². The molecular weight excluding hydrogens is 440 g/mol. The highest BCUT2D eigenvalue weighted by molar-refractivity contribution is 7.89. The standard InChI is InChI=1S/C19H20Cl2FN3O3S/c1-13(19(26)23-18-6-5-15(22)12-17(18)21)24-7-9-25(10-8-24)29(27,28)16-4-2-3-14(20)11-16/h2-6,11-13H,7-10H2,1H3,(H,23,26). The third-order valence-corrected chi connectivity index (χ3v) is 7.27. The first-order valence-corrected chi connectivity index (χ1v) is 11.1. The molecule has 156 valence electrons. The number of hydrogen-bond acceptors (Lipinski definition) is 4. The Bertz CT molecular complexity index is 1010. The van der Waals surface area contributed by atoms with Crippen molar-refractivity contribution in [2.75, 3.05) is 31.5 Å². The number of sulfonamides is 1. The van der Waals surface area contributed by atoms with E-state index in [2.05, 4.69) is 5.32 Å². The molecule has 1 unspecified atom stereocenters. The molecule has 29 heavy (non-hydrogen) atoms. The molecule has 1 amide bonds. The molecule has 0 spiro atoms. The zero-order valence-corrected chi connectivity index (χ0v) is 17.9. The van der Waals surface area contributed by atoms with Crippen LogP contribution < -0.4 is 5.32 Å². The average molecular weight is 460 g/mol. The number of amides is 1. The zero-order valence-electron chi connectivity index (χ0n) is 15.6. The molecule has 1 saturated heterocycles. The molecule has 0 radical (unpaired) electrons. The number of nitrogens with zero attached hydrogens (tertiary/aromatic N) is 2. The second kappa shape index (κ2) is 8.97. The number of piperazine rings is 1. The largest absolute Gasteiger partial charge is 0.323 e. The second-order valence-electron chi connectivity index (χ2n) is 6.69. The van der Waals surface area contributed by atoms with Crippen LogP contribution in [0.3, 0.4) is 0 Å². The first-order valence-electron chi connectivity index (χ1n) is 8.94. The van der Waals surface area contributed by atoms with Crippen molar-refractivity contribution >= 4 is 44.8 Å². The molecule has 0 aliphatic carbocycles. The fraction of sp³-hybridized carbons (Fsp3) is 0.316. The number of benzene rings is 2. The molecule has 2 aromatic carbocycles. The highest BCUT2D eigenvalue weighted by Gasteiger charge is 2.32. The van der Waals surface area contributed by atoms with E-state index in [1.807, 2.05) is 4.90 Å². The lowest BCUT2D eigenvalue weighted by atomic mass is 10.2. The predicted molar refractivity (Wildman–Crippen MR) is 111 cm³/mol. The van der Waals surface area contributed by atoms with E-state index in [-0.39, 0.29) is 28.9 Å². The normalized spacial score (nSPS) is 17.1. The minimum Gasteiger partial charge on any atom is -0.323 e. The minimum absolute atomic E-state index is 0.114. The van der Waals surface area contributed by atoms with Crippen LogP contribution in [0.1, 0.15) is 6.92 Å². The van der Waals surface area contributed by atoms with E-state index in [0.717, 1.165) is 6.07 Å². The van der Waals surface area contributed by atoms with E-state index in [4.69, 9.17) is 23.2 Å². The van der Waals surface area contributed by atoms with Crippen molar-refractivity contribution in [3.8, 4) is 0 Å². The van der Waals surface area contributed by atoms with Crippen molar-refractivity contribution in [3.63, 3.8) is 0 Å². The molecule has 1 aliphatic heterocycles. The smallest absolute Gasteiger partial charge is 0.243 e. The van der Waals surface area contributed by atoms with Crippen LogP contribution in [0.4, 0.5) is 10.1 Å². The zero-order chi connectivity index (χ0) is 21.2. The molecule has 10 heteroatoms.